The van der Waals surface area contributed by atoms with Crippen LogP contribution in [0.3, 0.4) is 0 Å². The van der Waals surface area contributed by atoms with Crippen molar-refractivity contribution in [1.82, 2.24) is 4.98 Å². The second-order valence-corrected chi connectivity index (χ2v) is 4.88. The van der Waals surface area contributed by atoms with Gasteiger partial charge >= 0.3 is 0 Å². The van der Waals surface area contributed by atoms with Crippen LogP contribution in [0.15, 0.2) is 29.1 Å². The van der Waals surface area contributed by atoms with Crippen LogP contribution in [0.1, 0.15) is 16.1 Å². The highest BCUT2D eigenvalue weighted by atomic mass is 32.1. The van der Waals surface area contributed by atoms with Crippen molar-refractivity contribution in [3.8, 4) is 0 Å². The molecule has 0 N–H and O–H groups in total. The number of hydrogen-bond acceptors (Lipinski definition) is 6. The monoisotopic (exact) mass is 289 g/mol. The summed E-state index contributed by atoms with van der Waals surface area (Å²) in [6.07, 6.45) is 0. The number of hydrogen-bond donors (Lipinski definition) is 0. The van der Waals surface area contributed by atoms with Gasteiger partial charge in [-0.1, -0.05) is 0 Å². The lowest BCUT2D eigenvalue weighted by Crippen LogP contribution is -2.29. The molecular weight excluding hydrogens is 282 g/mol. The van der Waals surface area contributed by atoms with E-state index in [1.165, 1.54) is 28.4 Å². The zero-order valence-corrected chi connectivity index (χ0v) is 10.8. The first-order valence-corrected chi connectivity index (χ1v) is 6.54. The third-order valence-corrected chi connectivity index (χ3v) is 3.60. The molecule has 7 nitrogen and oxygen atoms in total. The number of nitrogens with zero attached hydrogens (tertiary/aromatic N) is 3. The van der Waals surface area contributed by atoms with Gasteiger partial charge in [0.05, 0.1) is 33.9 Å². The minimum absolute atomic E-state index is 0.0689. The van der Waals surface area contributed by atoms with Gasteiger partial charge < -0.3 is 0 Å². The van der Waals surface area contributed by atoms with Crippen molar-refractivity contribution < 1.29 is 14.5 Å². The molecule has 0 fully saturated rings. The number of ketones is 1. The molecule has 1 amide bonds. The maximum absolute atomic E-state index is 12.0. The Bertz CT molecular complexity index is 726. The Hall–Kier alpha value is -2.61. The van der Waals surface area contributed by atoms with Crippen molar-refractivity contribution in [3.63, 3.8) is 0 Å². The number of amides is 1. The topological polar surface area (TPSA) is 93.4 Å². The summed E-state index contributed by atoms with van der Waals surface area (Å²) in [6, 6.07) is 3.83. The summed E-state index contributed by atoms with van der Waals surface area (Å²) in [7, 11) is 0. The number of fused-ring (bicyclic) bond motifs is 1. The maximum atomic E-state index is 12.0. The summed E-state index contributed by atoms with van der Waals surface area (Å²) >= 11 is 1.39. The molecule has 0 spiro atoms. The van der Waals surface area contributed by atoms with E-state index in [-0.39, 0.29) is 17.8 Å². The number of anilines is 1. The zero-order chi connectivity index (χ0) is 14.3. The van der Waals surface area contributed by atoms with E-state index in [0.717, 1.165) is 6.07 Å². The predicted molar refractivity (Wildman–Crippen MR) is 70.7 cm³/mol. The van der Waals surface area contributed by atoms with Crippen molar-refractivity contribution in [2.45, 2.75) is 6.54 Å². The van der Waals surface area contributed by atoms with E-state index in [1.54, 1.807) is 10.9 Å². The van der Waals surface area contributed by atoms with E-state index in [2.05, 4.69) is 4.98 Å². The first kappa shape index (κ1) is 12.4. The number of thiazole rings is 1. The molecule has 1 aliphatic heterocycles. The van der Waals surface area contributed by atoms with Crippen LogP contribution in [-0.2, 0) is 11.3 Å². The molecule has 8 heteroatoms. The molecule has 0 atom stereocenters. The molecule has 1 aromatic carbocycles. The number of nitro benzene ring substituents is 1. The van der Waals surface area contributed by atoms with Crippen LogP contribution < -0.4 is 4.90 Å². The zero-order valence-electron chi connectivity index (χ0n) is 9.98. The third-order valence-electron chi connectivity index (χ3n) is 2.97. The van der Waals surface area contributed by atoms with Gasteiger partial charge in [-0.2, -0.15) is 0 Å². The largest absolute Gasteiger partial charge is 0.299 e. The summed E-state index contributed by atoms with van der Waals surface area (Å²) in [5.74, 6) is -1.41. The molecule has 0 saturated carbocycles. The Balaban J connectivity index is 2.02. The van der Waals surface area contributed by atoms with Gasteiger partial charge in [-0.3, -0.25) is 24.6 Å². The second kappa shape index (κ2) is 4.49. The number of Topliss-reactive ketones (excluding diaryl/α,β-unsaturated/α-hetero) is 1. The fourth-order valence-corrected chi connectivity index (χ4v) is 2.59. The lowest BCUT2D eigenvalue weighted by molar-refractivity contribution is -0.384. The van der Waals surface area contributed by atoms with Crippen LogP contribution in [0.2, 0.25) is 0 Å². The molecule has 3 rings (SSSR count). The SMILES string of the molecule is O=C1C(=O)N(Cc2cscn2)c2ccc([N+](=O)[O-])cc21. The Morgan fingerprint density at radius 1 is 1.35 bits per heavy atom. The number of aromatic nitrogens is 1. The summed E-state index contributed by atoms with van der Waals surface area (Å²) < 4.78 is 0. The van der Waals surface area contributed by atoms with Crippen LogP contribution in [0.4, 0.5) is 11.4 Å². The highest BCUT2D eigenvalue weighted by Gasteiger charge is 2.37. The number of carbonyl (C=O) groups is 2. The average Bonchev–Trinajstić information content (AvgIpc) is 3.02. The van der Waals surface area contributed by atoms with Gasteiger partial charge in [-0.25, -0.2) is 4.98 Å². The molecule has 0 aliphatic carbocycles. The highest BCUT2D eigenvalue weighted by molar-refractivity contribution is 7.07. The van der Waals surface area contributed by atoms with Gasteiger partial charge in [0.15, 0.2) is 0 Å². The first-order chi connectivity index (χ1) is 9.58. The van der Waals surface area contributed by atoms with Crippen molar-refractivity contribution in [2.24, 2.45) is 0 Å². The number of non-ortho nitro benzene ring substituents is 1. The van der Waals surface area contributed by atoms with Gasteiger partial charge in [0.25, 0.3) is 17.4 Å². The molecule has 2 heterocycles. The highest BCUT2D eigenvalue weighted by Crippen LogP contribution is 2.32. The van der Waals surface area contributed by atoms with E-state index in [9.17, 15) is 19.7 Å². The molecule has 0 saturated heterocycles. The standard InChI is InChI=1S/C12H7N3O4S/c16-11-9-3-8(15(18)19)1-2-10(9)14(12(11)17)4-7-5-20-6-13-7/h1-3,5-6H,4H2. The number of rotatable bonds is 3. The first-order valence-electron chi connectivity index (χ1n) is 5.59. The fourth-order valence-electron chi connectivity index (χ4n) is 2.04. The minimum Gasteiger partial charge on any atom is -0.299 e. The molecule has 1 aromatic heterocycles. The van der Waals surface area contributed by atoms with Crippen LogP contribution in [0, 0.1) is 10.1 Å². The second-order valence-electron chi connectivity index (χ2n) is 4.16. The van der Waals surface area contributed by atoms with E-state index < -0.39 is 16.6 Å². The third kappa shape index (κ3) is 1.86. The van der Waals surface area contributed by atoms with Crippen molar-refractivity contribution >= 4 is 34.4 Å². The molecule has 0 radical (unpaired) electrons. The molecule has 20 heavy (non-hydrogen) atoms. The van der Waals surface area contributed by atoms with Crippen molar-refractivity contribution in [3.05, 3.63) is 50.5 Å². The van der Waals surface area contributed by atoms with Crippen LogP contribution in [0.25, 0.3) is 0 Å². The lowest BCUT2D eigenvalue weighted by atomic mass is 10.1. The number of carbonyl (C=O) groups excluding carboxylic acids is 2. The number of benzene rings is 1. The van der Waals surface area contributed by atoms with Gasteiger partial charge in [0.1, 0.15) is 0 Å². The van der Waals surface area contributed by atoms with Gasteiger partial charge in [0.2, 0.25) is 0 Å². The van der Waals surface area contributed by atoms with Crippen molar-refractivity contribution in [1.29, 1.82) is 0 Å². The molecule has 1 aliphatic rings. The molecule has 2 aromatic rings. The maximum Gasteiger partial charge on any atom is 0.299 e. The Morgan fingerprint density at radius 2 is 2.15 bits per heavy atom. The van der Waals surface area contributed by atoms with E-state index in [0.29, 0.717) is 11.4 Å². The number of nitro groups is 1. The average molecular weight is 289 g/mol. The van der Waals surface area contributed by atoms with E-state index >= 15 is 0 Å². The van der Waals surface area contributed by atoms with E-state index in [1.807, 2.05) is 0 Å². The van der Waals surface area contributed by atoms with Gasteiger partial charge in [-0.15, -0.1) is 11.3 Å². The summed E-state index contributed by atoms with van der Waals surface area (Å²) in [4.78, 5) is 39.3. The van der Waals surface area contributed by atoms with Gasteiger partial charge in [0, 0.05) is 17.5 Å². The lowest BCUT2D eigenvalue weighted by Gasteiger charge is -2.14. The smallest absolute Gasteiger partial charge is 0.299 e. The van der Waals surface area contributed by atoms with Gasteiger partial charge in [-0.05, 0) is 6.07 Å². The Kier molecular flexibility index (Phi) is 2.79. The van der Waals surface area contributed by atoms with Crippen LogP contribution in [0.5, 0.6) is 0 Å². The Labute approximate surface area is 116 Å². The minimum atomic E-state index is -0.723. The summed E-state index contributed by atoms with van der Waals surface area (Å²) in [6.45, 7) is 0.179. The Morgan fingerprint density at radius 3 is 2.80 bits per heavy atom. The van der Waals surface area contributed by atoms with Crippen LogP contribution in [-0.4, -0.2) is 21.6 Å². The van der Waals surface area contributed by atoms with Crippen molar-refractivity contribution in [2.75, 3.05) is 4.90 Å². The summed E-state index contributed by atoms with van der Waals surface area (Å²) in [5.41, 5.74) is 2.55. The molecule has 0 unspecified atom stereocenters. The molecule has 100 valence electrons. The summed E-state index contributed by atoms with van der Waals surface area (Å²) in [5, 5.41) is 12.5. The molecular formula is C12H7N3O4S. The fraction of sp³-hybridized carbons (Fsp3) is 0.0833. The quantitative estimate of drug-likeness (QED) is 0.487. The normalized spacial score (nSPS) is 13.7. The molecule has 0 bridgehead atoms. The van der Waals surface area contributed by atoms with E-state index in [4.69, 9.17) is 0 Å². The van der Waals surface area contributed by atoms with Crippen LogP contribution >= 0.6 is 11.3 Å². The predicted octanol–water partition coefficient (Wildman–Crippen LogP) is 1.78.